The number of carbonyl (C=O) groups excluding carboxylic acids is 3. The van der Waals surface area contributed by atoms with E-state index in [1.165, 1.54) is 12.0 Å². The number of ether oxygens (including phenoxy) is 4. The molecule has 4 rings (SSSR count). The Morgan fingerprint density at radius 3 is 1.84 bits per heavy atom. The summed E-state index contributed by atoms with van der Waals surface area (Å²) in [5.74, 6) is 3.34. The molecule has 3 aliphatic heterocycles. The van der Waals surface area contributed by atoms with Crippen LogP contribution in [0.2, 0.25) is 0 Å². The van der Waals surface area contributed by atoms with Crippen LogP contribution in [0.3, 0.4) is 0 Å². The number of cyclic esters (lactones) is 1. The van der Waals surface area contributed by atoms with Crippen molar-refractivity contribution in [3.63, 3.8) is 0 Å². The predicted molar refractivity (Wildman–Crippen MR) is 173 cm³/mol. The van der Waals surface area contributed by atoms with Gasteiger partial charge in [0.15, 0.2) is 6.10 Å². The Kier molecular flexibility index (Phi) is 13.7. The van der Waals surface area contributed by atoms with Gasteiger partial charge in [0.2, 0.25) is 0 Å². The van der Waals surface area contributed by atoms with Gasteiger partial charge < -0.3 is 18.9 Å². The Balaban J connectivity index is 0.000000271. The van der Waals surface area contributed by atoms with Crippen molar-refractivity contribution < 1.29 is 33.3 Å². The molecule has 0 saturated carbocycles. The quantitative estimate of drug-likeness (QED) is 0.296. The summed E-state index contributed by atoms with van der Waals surface area (Å²) in [5, 5.41) is 0. The van der Waals surface area contributed by atoms with Crippen LogP contribution in [0.15, 0.2) is 30.3 Å². The van der Waals surface area contributed by atoms with Crippen LogP contribution in [-0.4, -0.2) is 77.2 Å². The third-order valence-corrected chi connectivity index (χ3v) is 11.9. The number of amides is 2. The molecular formula is C33H51NO7S2. The first-order valence-corrected chi connectivity index (χ1v) is 17.7. The number of hydrogen-bond donors (Lipinski definition) is 0. The van der Waals surface area contributed by atoms with Crippen molar-refractivity contribution in [3.8, 4) is 0 Å². The van der Waals surface area contributed by atoms with Crippen molar-refractivity contribution in [2.24, 2.45) is 35.5 Å². The molecule has 0 aromatic heterocycles. The van der Waals surface area contributed by atoms with Gasteiger partial charge in [-0.15, -0.1) is 23.5 Å². The Bertz CT molecular complexity index is 1060. The average Bonchev–Trinajstić information content (AvgIpc) is 3.37. The fourth-order valence-corrected chi connectivity index (χ4v) is 8.23. The zero-order valence-corrected chi connectivity index (χ0v) is 28.8. The molecule has 0 N–H and O–H groups in total. The van der Waals surface area contributed by atoms with Crippen LogP contribution in [-0.2, 0) is 35.0 Å². The molecule has 1 aromatic carbocycles. The summed E-state index contributed by atoms with van der Waals surface area (Å²) in [7, 11) is 1.42. The predicted octanol–water partition coefficient (Wildman–Crippen LogP) is 6.51. The first-order chi connectivity index (χ1) is 20.5. The Morgan fingerprint density at radius 1 is 0.814 bits per heavy atom. The first-order valence-electron chi connectivity index (χ1n) is 15.6. The lowest BCUT2D eigenvalue weighted by molar-refractivity contribution is -0.171. The summed E-state index contributed by atoms with van der Waals surface area (Å²) in [4.78, 5) is 38.6. The molecule has 3 aliphatic rings. The minimum atomic E-state index is -0.607. The number of esters is 1. The fraction of sp³-hybridized carbons (Fsp3) is 0.727. The van der Waals surface area contributed by atoms with E-state index in [9.17, 15) is 14.4 Å². The molecule has 3 heterocycles. The zero-order chi connectivity index (χ0) is 31.8. The van der Waals surface area contributed by atoms with Crippen molar-refractivity contribution in [3.05, 3.63) is 35.9 Å². The molecule has 0 aliphatic carbocycles. The van der Waals surface area contributed by atoms with Gasteiger partial charge >= 0.3 is 12.1 Å². The van der Waals surface area contributed by atoms with Gasteiger partial charge in [0, 0.05) is 0 Å². The highest BCUT2D eigenvalue weighted by Crippen LogP contribution is 2.41. The lowest BCUT2D eigenvalue weighted by Crippen LogP contribution is -2.54. The molecule has 2 amide bonds. The van der Waals surface area contributed by atoms with E-state index in [-0.39, 0.29) is 47.2 Å². The summed E-state index contributed by atoms with van der Waals surface area (Å²) >= 11 is 3.49. The van der Waals surface area contributed by atoms with Gasteiger partial charge in [-0.1, -0.05) is 85.7 Å². The molecule has 4 unspecified atom stereocenters. The van der Waals surface area contributed by atoms with Crippen LogP contribution in [0.4, 0.5) is 4.79 Å². The lowest BCUT2D eigenvalue weighted by Gasteiger charge is -2.43. The number of methoxy groups -OCH3 is 1. The van der Waals surface area contributed by atoms with Gasteiger partial charge in [0.25, 0.3) is 5.91 Å². The summed E-state index contributed by atoms with van der Waals surface area (Å²) < 4.78 is 22.1. The van der Waals surface area contributed by atoms with Gasteiger partial charge in [-0.25, -0.2) is 14.5 Å². The molecule has 0 spiro atoms. The second-order valence-electron chi connectivity index (χ2n) is 12.1. The van der Waals surface area contributed by atoms with Crippen LogP contribution in [0.5, 0.6) is 0 Å². The smallest absolute Gasteiger partial charge is 0.417 e. The maximum absolute atomic E-state index is 13.3. The van der Waals surface area contributed by atoms with Gasteiger partial charge in [0.1, 0.15) is 23.6 Å². The largest absolute Gasteiger partial charge is 0.467 e. The van der Waals surface area contributed by atoms with E-state index in [0.29, 0.717) is 30.1 Å². The topological polar surface area (TPSA) is 91.4 Å². The molecule has 11 atom stereocenters. The third kappa shape index (κ3) is 8.50. The molecule has 0 bridgehead atoms. The van der Waals surface area contributed by atoms with Crippen LogP contribution in [0, 0.1) is 35.5 Å². The van der Waals surface area contributed by atoms with Gasteiger partial charge in [-0.3, -0.25) is 4.79 Å². The van der Waals surface area contributed by atoms with E-state index >= 15 is 0 Å². The van der Waals surface area contributed by atoms with Crippen LogP contribution >= 0.6 is 23.5 Å². The van der Waals surface area contributed by atoms with Crippen LogP contribution in [0.1, 0.15) is 61.0 Å². The number of nitrogens with zero attached hydrogens (tertiary/aromatic N) is 1. The summed E-state index contributed by atoms with van der Waals surface area (Å²) in [6.45, 7) is 17.3. The number of hydrogen-bond acceptors (Lipinski definition) is 9. The van der Waals surface area contributed by atoms with E-state index in [1.54, 1.807) is 23.5 Å². The van der Waals surface area contributed by atoms with Crippen LogP contribution < -0.4 is 0 Å². The summed E-state index contributed by atoms with van der Waals surface area (Å²) in [6, 6.07) is 9.59. The Hall–Kier alpha value is -1.75. The Labute approximate surface area is 266 Å². The minimum Gasteiger partial charge on any atom is -0.467 e. The third-order valence-electron chi connectivity index (χ3n) is 9.54. The number of thioether (sulfide) groups is 2. The van der Waals surface area contributed by atoms with E-state index < -0.39 is 18.3 Å². The maximum Gasteiger partial charge on any atom is 0.417 e. The first kappa shape index (κ1) is 35.7. The normalized spacial score (nSPS) is 35.9. The monoisotopic (exact) mass is 637 g/mol. The molecule has 242 valence electrons. The minimum absolute atomic E-state index is 0.0265. The summed E-state index contributed by atoms with van der Waals surface area (Å²) in [5.41, 5.74) is 1.17. The molecule has 3 saturated heterocycles. The summed E-state index contributed by atoms with van der Waals surface area (Å²) in [6.07, 6.45) is -0.967. The van der Waals surface area contributed by atoms with Crippen molar-refractivity contribution in [2.75, 3.05) is 25.2 Å². The van der Waals surface area contributed by atoms with E-state index in [2.05, 4.69) is 48.5 Å². The second-order valence-corrected chi connectivity index (χ2v) is 14.8. The fourth-order valence-electron chi connectivity index (χ4n) is 6.07. The van der Waals surface area contributed by atoms with Gasteiger partial charge in [-0.05, 0) is 59.0 Å². The van der Waals surface area contributed by atoms with E-state index in [4.69, 9.17) is 18.9 Å². The lowest BCUT2D eigenvalue weighted by atomic mass is 9.79. The van der Waals surface area contributed by atoms with Crippen molar-refractivity contribution in [1.29, 1.82) is 0 Å². The SMILES string of the molecule is CCS[C@H]1OC(C(=O)N2C(=O)OC[C@H]2Cc2ccccc2)[C@H](C)[C@H](C)C1C.CCS[C@H]1OC(C(=O)OC)[C@H](C)[C@H](C)C1C. The molecule has 10 heteroatoms. The number of benzene rings is 1. The second kappa shape index (κ2) is 16.5. The van der Waals surface area contributed by atoms with Crippen molar-refractivity contribution in [1.82, 2.24) is 4.90 Å². The van der Waals surface area contributed by atoms with Gasteiger partial charge in [-0.2, -0.15) is 0 Å². The Morgan fingerprint density at radius 2 is 1.33 bits per heavy atom. The number of rotatable bonds is 8. The molecule has 3 fully saturated rings. The standard InChI is InChI=1S/C21H29NO4S.C12H22O3S/c1-5-27-20-15(4)13(2)14(3)18(26-20)19(23)22-17(12-25-21(22)24)11-16-9-7-6-8-10-16;1-6-16-12-9(4)7(2)8(3)10(15-12)11(13)14-5/h6-10,13-15,17-18,20H,5,11-12H2,1-4H3;7-10,12H,6H2,1-5H3/t13-,14+,15?,17+,18?,20+;7-,8+,9?,10?,12+/m00/s1. The van der Waals surface area contributed by atoms with E-state index in [1.807, 2.05) is 37.3 Å². The van der Waals surface area contributed by atoms with Crippen LogP contribution in [0.25, 0.3) is 0 Å². The molecule has 1 aromatic rings. The average molecular weight is 638 g/mol. The van der Waals surface area contributed by atoms with Crippen molar-refractivity contribution >= 4 is 41.5 Å². The van der Waals surface area contributed by atoms with E-state index in [0.717, 1.165) is 17.1 Å². The molecule has 8 nitrogen and oxygen atoms in total. The van der Waals surface area contributed by atoms with Crippen molar-refractivity contribution in [2.45, 2.75) is 90.9 Å². The molecule has 0 radical (unpaired) electrons. The number of carbonyl (C=O) groups is 3. The number of imide groups is 1. The zero-order valence-electron chi connectivity index (χ0n) is 27.2. The maximum atomic E-state index is 13.3. The molecule has 43 heavy (non-hydrogen) atoms. The molecular weight excluding hydrogens is 586 g/mol. The highest BCUT2D eigenvalue weighted by Gasteiger charge is 2.48. The highest BCUT2D eigenvalue weighted by atomic mass is 32.2. The van der Waals surface area contributed by atoms with Gasteiger partial charge in [0.05, 0.1) is 13.2 Å². The highest BCUT2D eigenvalue weighted by molar-refractivity contribution is 7.99.